The Labute approximate surface area is 80.5 Å². The fourth-order valence-corrected chi connectivity index (χ4v) is 1.52. The number of halogens is 1. The van der Waals surface area contributed by atoms with Gasteiger partial charge in [0.2, 0.25) is 0 Å². The molecule has 1 saturated carbocycles. The van der Waals surface area contributed by atoms with Gasteiger partial charge in [-0.1, -0.05) is 26.0 Å². The Hall–Kier alpha value is -0.590. The summed E-state index contributed by atoms with van der Waals surface area (Å²) in [5.74, 6) is 0.0613. The van der Waals surface area contributed by atoms with Crippen LogP contribution in [0.4, 0.5) is 4.39 Å². The zero-order chi connectivity index (χ0) is 9.90. The van der Waals surface area contributed by atoms with E-state index < -0.39 is 0 Å². The molecule has 74 valence electrons. The van der Waals surface area contributed by atoms with Gasteiger partial charge in [-0.05, 0) is 43.6 Å². The molecule has 0 radical (unpaired) electrons. The van der Waals surface area contributed by atoms with Gasteiger partial charge in [-0.2, -0.15) is 0 Å². The van der Waals surface area contributed by atoms with Gasteiger partial charge in [0.15, 0.2) is 0 Å². The molecular weight excluding hydrogens is 163 g/mol. The van der Waals surface area contributed by atoms with Crippen molar-refractivity contribution in [1.29, 1.82) is 0 Å². The summed E-state index contributed by atoms with van der Waals surface area (Å²) in [5, 5.41) is 0. The second-order valence-electron chi connectivity index (χ2n) is 4.27. The molecule has 1 fully saturated rings. The molecule has 0 spiro atoms. The number of allylic oxidation sites excluding steroid dienone is 4. The average Bonchev–Trinajstić information content (AvgIpc) is 2.82. The maximum Gasteiger partial charge on any atom is 0.103 e. The van der Waals surface area contributed by atoms with Crippen LogP contribution in [-0.4, -0.2) is 0 Å². The standard InChI is InChI=1S/C12H19F/c1-4-6-10(11(13)5-2)9-12(3)7-8-12/h4,6H,5,7-9H2,1-3H3/b6-4+,11-10-. The van der Waals surface area contributed by atoms with Crippen LogP contribution in [0.25, 0.3) is 0 Å². The van der Waals surface area contributed by atoms with Crippen molar-refractivity contribution in [2.24, 2.45) is 5.41 Å². The summed E-state index contributed by atoms with van der Waals surface area (Å²) in [6.45, 7) is 6.05. The Balaban J connectivity index is 2.68. The molecule has 1 aliphatic carbocycles. The van der Waals surface area contributed by atoms with E-state index in [0.29, 0.717) is 11.8 Å². The molecule has 0 N–H and O–H groups in total. The molecule has 0 nitrogen and oxygen atoms in total. The van der Waals surface area contributed by atoms with E-state index in [9.17, 15) is 4.39 Å². The zero-order valence-corrected chi connectivity index (χ0v) is 8.86. The van der Waals surface area contributed by atoms with E-state index >= 15 is 0 Å². The van der Waals surface area contributed by atoms with Crippen molar-refractivity contribution in [2.75, 3.05) is 0 Å². The quantitative estimate of drug-likeness (QED) is 0.566. The van der Waals surface area contributed by atoms with Crippen LogP contribution in [-0.2, 0) is 0 Å². The highest BCUT2D eigenvalue weighted by Crippen LogP contribution is 2.50. The van der Waals surface area contributed by atoms with E-state index in [1.165, 1.54) is 12.8 Å². The van der Waals surface area contributed by atoms with Crippen molar-refractivity contribution < 1.29 is 4.39 Å². The third-order valence-corrected chi connectivity index (χ3v) is 2.75. The van der Waals surface area contributed by atoms with Crippen LogP contribution in [0.2, 0.25) is 0 Å². The van der Waals surface area contributed by atoms with Crippen molar-refractivity contribution in [1.82, 2.24) is 0 Å². The molecular formula is C12H19F. The van der Waals surface area contributed by atoms with Crippen LogP contribution in [0.1, 0.15) is 46.5 Å². The fraction of sp³-hybridized carbons (Fsp3) is 0.667. The van der Waals surface area contributed by atoms with E-state index in [-0.39, 0.29) is 5.83 Å². The van der Waals surface area contributed by atoms with Gasteiger partial charge in [0.1, 0.15) is 5.83 Å². The van der Waals surface area contributed by atoms with Crippen molar-refractivity contribution >= 4 is 0 Å². The van der Waals surface area contributed by atoms with Crippen molar-refractivity contribution in [3.63, 3.8) is 0 Å². The topological polar surface area (TPSA) is 0 Å². The number of hydrogen-bond acceptors (Lipinski definition) is 0. The highest BCUT2D eigenvalue weighted by molar-refractivity contribution is 5.24. The van der Waals surface area contributed by atoms with Crippen molar-refractivity contribution in [2.45, 2.75) is 46.5 Å². The minimum Gasteiger partial charge on any atom is -0.212 e. The third-order valence-electron chi connectivity index (χ3n) is 2.75. The summed E-state index contributed by atoms with van der Waals surface area (Å²) in [7, 11) is 0. The molecule has 0 aliphatic heterocycles. The highest BCUT2D eigenvalue weighted by atomic mass is 19.1. The number of hydrogen-bond donors (Lipinski definition) is 0. The smallest absolute Gasteiger partial charge is 0.103 e. The Morgan fingerprint density at radius 2 is 2.08 bits per heavy atom. The van der Waals surface area contributed by atoms with Crippen LogP contribution >= 0.6 is 0 Å². The third kappa shape index (κ3) is 2.98. The molecule has 0 aromatic rings. The van der Waals surface area contributed by atoms with Crippen LogP contribution in [0.5, 0.6) is 0 Å². The van der Waals surface area contributed by atoms with Gasteiger partial charge in [-0.15, -0.1) is 0 Å². The molecule has 0 atom stereocenters. The summed E-state index contributed by atoms with van der Waals surface area (Å²) in [4.78, 5) is 0. The Bertz CT molecular complexity index is 232. The van der Waals surface area contributed by atoms with Gasteiger partial charge in [-0.25, -0.2) is 4.39 Å². The van der Waals surface area contributed by atoms with Gasteiger partial charge < -0.3 is 0 Å². The lowest BCUT2D eigenvalue weighted by Gasteiger charge is -2.09. The van der Waals surface area contributed by atoms with Crippen molar-refractivity contribution in [3.05, 3.63) is 23.6 Å². The largest absolute Gasteiger partial charge is 0.212 e. The van der Waals surface area contributed by atoms with Gasteiger partial charge in [0, 0.05) is 0 Å². The lowest BCUT2D eigenvalue weighted by atomic mass is 9.97. The molecule has 0 aromatic heterocycles. The van der Waals surface area contributed by atoms with Crippen LogP contribution in [0.3, 0.4) is 0 Å². The second kappa shape index (κ2) is 4.08. The molecule has 0 bridgehead atoms. The van der Waals surface area contributed by atoms with Crippen molar-refractivity contribution in [3.8, 4) is 0 Å². The van der Waals surface area contributed by atoms with Crippen LogP contribution in [0.15, 0.2) is 23.6 Å². The first-order chi connectivity index (χ1) is 6.11. The summed E-state index contributed by atoms with van der Waals surface area (Å²) >= 11 is 0. The molecule has 0 saturated heterocycles. The predicted octanol–water partition coefficient (Wildman–Crippen LogP) is 4.39. The zero-order valence-electron chi connectivity index (χ0n) is 8.86. The van der Waals surface area contributed by atoms with E-state index in [1.807, 2.05) is 26.0 Å². The van der Waals surface area contributed by atoms with E-state index in [4.69, 9.17) is 0 Å². The maximum absolute atomic E-state index is 13.4. The molecule has 13 heavy (non-hydrogen) atoms. The average molecular weight is 182 g/mol. The predicted molar refractivity (Wildman–Crippen MR) is 55.2 cm³/mol. The first kappa shape index (κ1) is 10.5. The first-order valence-corrected chi connectivity index (χ1v) is 5.11. The molecule has 0 unspecified atom stereocenters. The molecule has 0 amide bonds. The molecule has 0 heterocycles. The Morgan fingerprint density at radius 1 is 1.46 bits per heavy atom. The van der Waals surface area contributed by atoms with Gasteiger partial charge in [-0.3, -0.25) is 0 Å². The lowest BCUT2D eigenvalue weighted by Crippen LogP contribution is -1.96. The van der Waals surface area contributed by atoms with Gasteiger partial charge in [0.25, 0.3) is 0 Å². The summed E-state index contributed by atoms with van der Waals surface area (Å²) in [6.07, 6.45) is 7.79. The highest BCUT2D eigenvalue weighted by Gasteiger charge is 2.37. The molecule has 1 heteroatoms. The summed E-state index contributed by atoms with van der Waals surface area (Å²) in [6, 6.07) is 0. The van der Waals surface area contributed by atoms with E-state index in [2.05, 4.69) is 6.92 Å². The second-order valence-corrected chi connectivity index (χ2v) is 4.27. The summed E-state index contributed by atoms with van der Waals surface area (Å²) in [5.41, 5.74) is 1.31. The lowest BCUT2D eigenvalue weighted by molar-refractivity contribution is 0.534. The molecule has 1 aliphatic rings. The fourth-order valence-electron chi connectivity index (χ4n) is 1.52. The molecule has 1 rings (SSSR count). The number of rotatable bonds is 4. The Kier molecular flexibility index (Phi) is 3.29. The molecule has 0 aromatic carbocycles. The van der Waals surface area contributed by atoms with Crippen LogP contribution in [0, 0.1) is 5.41 Å². The van der Waals surface area contributed by atoms with Gasteiger partial charge in [0.05, 0.1) is 0 Å². The monoisotopic (exact) mass is 182 g/mol. The SMILES string of the molecule is C/C=C/C(CC1(C)CC1)=C(/F)CC. The minimum absolute atomic E-state index is 0.0613. The van der Waals surface area contributed by atoms with E-state index in [0.717, 1.165) is 12.0 Å². The van der Waals surface area contributed by atoms with Gasteiger partial charge >= 0.3 is 0 Å². The van der Waals surface area contributed by atoms with Crippen LogP contribution < -0.4 is 0 Å². The normalized spacial score (nSPS) is 21.8. The Morgan fingerprint density at radius 3 is 2.46 bits per heavy atom. The summed E-state index contributed by atoms with van der Waals surface area (Å²) < 4.78 is 13.4. The maximum atomic E-state index is 13.4. The minimum atomic E-state index is 0.0613. The van der Waals surface area contributed by atoms with E-state index in [1.54, 1.807) is 0 Å². The first-order valence-electron chi connectivity index (χ1n) is 5.11.